The maximum atomic E-state index is 12.8. The number of carbonyl (C=O) groups is 3. The summed E-state index contributed by atoms with van der Waals surface area (Å²) in [5.41, 5.74) is 5.82. The number of hydrogen-bond acceptors (Lipinski definition) is 5. The van der Waals surface area contributed by atoms with Gasteiger partial charge in [-0.3, -0.25) is 19.3 Å². The third-order valence-corrected chi connectivity index (χ3v) is 4.82. The Morgan fingerprint density at radius 1 is 1.21 bits per heavy atom. The largest absolute Gasteiger partial charge is 0.495 e. The van der Waals surface area contributed by atoms with E-state index in [0.29, 0.717) is 37.4 Å². The number of nitrogens with zero attached hydrogens (tertiary/aromatic N) is 2. The van der Waals surface area contributed by atoms with Crippen LogP contribution in [-0.2, 0) is 14.4 Å². The van der Waals surface area contributed by atoms with E-state index < -0.39 is 6.04 Å². The number of para-hydroxylation sites is 2. The Morgan fingerprint density at radius 2 is 1.88 bits per heavy atom. The van der Waals surface area contributed by atoms with Crippen LogP contribution in [0.15, 0.2) is 24.3 Å². The molecule has 2 N–H and O–H groups in total. The zero-order chi connectivity index (χ0) is 17.3. The molecule has 0 bridgehead atoms. The Bertz CT molecular complexity index is 668. The fraction of sp³-hybridized carbons (Fsp3) is 0.471. The van der Waals surface area contributed by atoms with Gasteiger partial charge in [0.25, 0.3) is 5.91 Å². The Kier molecular flexibility index (Phi) is 4.53. The number of hydrogen-bond donors (Lipinski definition) is 1. The van der Waals surface area contributed by atoms with Gasteiger partial charge < -0.3 is 10.5 Å². The normalized spacial score (nSPS) is 22.9. The van der Waals surface area contributed by atoms with E-state index in [9.17, 15) is 14.4 Å². The molecule has 7 heteroatoms. The summed E-state index contributed by atoms with van der Waals surface area (Å²) in [5.74, 6) is -0.404. The van der Waals surface area contributed by atoms with Gasteiger partial charge in [0.2, 0.25) is 11.8 Å². The van der Waals surface area contributed by atoms with E-state index in [4.69, 9.17) is 10.5 Å². The van der Waals surface area contributed by atoms with Crippen LogP contribution in [0.2, 0.25) is 0 Å². The number of rotatable bonds is 4. The van der Waals surface area contributed by atoms with Crippen LogP contribution in [-0.4, -0.2) is 48.9 Å². The highest BCUT2D eigenvalue weighted by Gasteiger charge is 2.44. The van der Waals surface area contributed by atoms with Gasteiger partial charge in [0.15, 0.2) is 0 Å². The molecular formula is C17H21N3O4. The lowest BCUT2D eigenvalue weighted by atomic mass is 9.95. The monoisotopic (exact) mass is 331 g/mol. The molecule has 1 aromatic rings. The van der Waals surface area contributed by atoms with Gasteiger partial charge in [0, 0.05) is 5.92 Å². The van der Waals surface area contributed by atoms with E-state index >= 15 is 0 Å². The van der Waals surface area contributed by atoms with Gasteiger partial charge in [0.05, 0.1) is 25.3 Å². The second kappa shape index (κ2) is 6.60. The topological polar surface area (TPSA) is 92.9 Å². The zero-order valence-electron chi connectivity index (χ0n) is 13.6. The summed E-state index contributed by atoms with van der Waals surface area (Å²) in [5, 5.41) is 0. The lowest BCUT2D eigenvalue weighted by Crippen LogP contribution is -2.47. The number of anilines is 1. The van der Waals surface area contributed by atoms with Crippen molar-refractivity contribution in [1.82, 2.24) is 4.90 Å². The van der Waals surface area contributed by atoms with Crippen LogP contribution in [0.5, 0.6) is 5.75 Å². The molecule has 2 saturated heterocycles. The molecule has 24 heavy (non-hydrogen) atoms. The number of primary amides is 1. The molecule has 0 spiro atoms. The fourth-order valence-electron chi connectivity index (χ4n) is 3.46. The number of methoxy groups -OCH3 is 1. The SMILES string of the molecule is COc1ccccc1N1C(=O)C[C@@H](N2CCC(C(N)=O)CC2)C1=O. The predicted molar refractivity (Wildman–Crippen MR) is 87.4 cm³/mol. The number of piperidine rings is 1. The van der Waals surface area contributed by atoms with Gasteiger partial charge in [-0.2, -0.15) is 0 Å². The summed E-state index contributed by atoms with van der Waals surface area (Å²) >= 11 is 0. The molecule has 3 rings (SSSR count). The summed E-state index contributed by atoms with van der Waals surface area (Å²) in [6.07, 6.45) is 1.40. The van der Waals surface area contributed by atoms with Crippen LogP contribution in [0.1, 0.15) is 19.3 Å². The van der Waals surface area contributed by atoms with Crippen molar-refractivity contribution < 1.29 is 19.1 Å². The molecule has 0 unspecified atom stereocenters. The third kappa shape index (κ3) is 2.87. The van der Waals surface area contributed by atoms with E-state index in [-0.39, 0.29) is 30.1 Å². The predicted octanol–water partition coefficient (Wildman–Crippen LogP) is 0.524. The summed E-state index contributed by atoms with van der Waals surface area (Å²) < 4.78 is 5.26. The molecule has 2 aliphatic heterocycles. The second-order valence-electron chi connectivity index (χ2n) is 6.17. The fourth-order valence-corrected chi connectivity index (χ4v) is 3.46. The Morgan fingerprint density at radius 3 is 2.50 bits per heavy atom. The van der Waals surface area contributed by atoms with E-state index in [1.54, 1.807) is 24.3 Å². The summed E-state index contributed by atoms with van der Waals surface area (Å²) in [6.45, 7) is 1.19. The number of ether oxygens (including phenoxy) is 1. The minimum absolute atomic E-state index is 0.140. The quantitative estimate of drug-likeness (QED) is 0.812. The van der Waals surface area contributed by atoms with E-state index in [0.717, 1.165) is 0 Å². The first-order chi connectivity index (χ1) is 11.5. The maximum absolute atomic E-state index is 12.8. The maximum Gasteiger partial charge on any atom is 0.251 e. The highest BCUT2D eigenvalue weighted by atomic mass is 16.5. The third-order valence-electron chi connectivity index (χ3n) is 4.82. The van der Waals surface area contributed by atoms with Crippen LogP contribution < -0.4 is 15.4 Å². The van der Waals surface area contributed by atoms with Crippen molar-refractivity contribution in [3.8, 4) is 5.75 Å². The van der Waals surface area contributed by atoms with Crippen LogP contribution >= 0.6 is 0 Å². The molecule has 3 amide bonds. The van der Waals surface area contributed by atoms with Crippen molar-refractivity contribution in [2.24, 2.45) is 11.7 Å². The Balaban J connectivity index is 1.76. The molecule has 0 aromatic heterocycles. The molecule has 2 aliphatic rings. The first-order valence-electron chi connectivity index (χ1n) is 8.06. The van der Waals surface area contributed by atoms with Gasteiger partial charge in [-0.25, -0.2) is 4.90 Å². The van der Waals surface area contributed by atoms with Crippen LogP contribution in [0.25, 0.3) is 0 Å². The van der Waals surface area contributed by atoms with Crippen molar-refractivity contribution in [3.05, 3.63) is 24.3 Å². The number of likely N-dealkylation sites (tertiary alicyclic amines) is 1. The van der Waals surface area contributed by atoms with E-state index in [1.165, 1.54) is 12.0 Å². The molecule has 0 aliphatic carbocycles. The molecule has 1 atom stereocenters. The average molecular weight is 331 g/mol. The van der Waals surface area contributed by atoms with Crippen molar-refractivity contribution in [2.45, 2.75) is 25.3 Å². The number of amides is 3. The molecule has 7 nitrogen and oxygen atoms in total. The van der Waals surface area contributed by atoms with Gasteiger partial charge in [-0.1, -0.05) is 12.1 Å². The minimum Gasteiger partial charge on any atom is -0.495 e. The highest BCUT2D eigenvalue weighted by molar-refractivity contribution is 6.23. The number of nitrogens with two attached hydrogens (primary N) is 1. The van der Waals surface area contributed by atoms with E-state index in [2.05, 4.69) is 0 Å². The number of imide groups is 1. The molecule has 0 radical (unpaired) electrons. The van der Waals surface area contributed by atoms with Gasteiger partial charge >= 0.3 is 0 Å². The van der Waals surface area contributed by atoms with Crippen molar-refractivity contribution in [3.63, 3.8) is 0 Å². The summed E-state index contributed by atoms with van der Waals surface area (Å²) in [7, 11) is 1.51. The van der Waals surface area contributed by atoms with Gasteiger partial charge in [0.1, 0.15) is 5.75 Å². The smallest absolute Gasteiger partial charge is 0.251 e. The molecular weight excluding hydrogens is 310 g/mol. The van der Waals surface area contributed by atoms with Gasteiger partial charge in [-0.15, -0.1) is 0 Å². The first kappa shape index (κ1) is 16.4. The Labute approximate surface area is 140 Å². The number of benzene rings is 1. The molecule has 2 heterocycles. The summed E-state index contributed by atoms with van der Waals surface area (Å²) in [4.78, 5) is 39.7. The Hall–Kier alpha value is -2.41. The molecule has 0 saturated carbocycles. The van der Waals surface area contributed by atoms with Crippen molar-refractivity contribution in [2.75, 3.05) is 25.1 Å². The molecule has 2 fully saturated rings. The lowest BCUT2D eigenvalue weighted by Gasteiger charge is -2.33. The highest BCUT2D eigenvalue weighted by Crippen LogP contribution is 2.34. The van der Waals surface area contributed by atoms with Crippen molar-refractivity contribution in [1.29, 1.82) is 0 Å². The van der Waals surface area contributed by atoms with Gasteiger partial charge in [-0.05, 0) is 38.1 Å². The van der Waals surface area contributed by atoms with Crippen LogP contribution in [0, 0.1) is 5.92 Å². The van der Waals surface area contributed by atoms with E-state index in [1.807, 2.05) is 4.90 Å². The van der Waals surface area contributed by atoms with Crippen LogP contribution in [0.3, 0.4) is 0 Å². The average Bonchev–Trinajstić information content (AvgIpc) is 2.89. The van der Waals surface area contributed by atoms with Crippen LogP contribution in [0.4, 0.5) is 5.69 Å². The lowest BCUT2D eigenvalue weighted by molar-refractivity contribution is -0.124. The molecule has 128 valence electrons. The minimum atomic E-state index is -0.476. The second-order valence-corrected chi connectivity index (χ2v) is 6.17. The standard InChI is InChI=1S/C17H21N3O4/c1-24-14-5-3-2-4-12(14)20-15(21)10-13(17(20)23)19-8-6-11(7-9-19)16(18)22/h2-5,11,13H,6-10H2,1H3,(H2,18,22)/t13-/m1/s1. The first-order valence-corrected chi connectivity index (χ1v) is 8.06. The number of carbonyl (C=O) groups excluding carboxylic acids is 3. The zero-order valence-corrected chi connectivity index (χ0v) is 13.6. The van der Waals surface area contributed by atoms with Crippen molar-refractivity contribution >= 4 is 23.4 Å². The molecule has 1 aromatic carbocycles. The summed E-state index contributed by atoms with van der Waals surface area (Å²) in [6, 6.07) is 6.51.